The Labute approximate surface area is 244 Å². The monoisotopic (exact) mass is 619 g/mol. The third-order valence-corrected chi connectivity index (χ3v) is 5.36. The quantitative estimate of drug-likeness (QED) is 0.0603. The summed E-state index contributed by atoms with van der Waals surface area (Å²) < 4.78 is 0. The van der Waals surface area contributed by atoms with Gasteiger partial charge < -0.3 is 64.4 Å². The summed E-state index contributed by atoms with van der Waals surface area (Å²) in [5.74, 6) is -9.54. The highest BCUT2D eigenvalue weighted by atomic mass is 16.4. The zero-order chi connectivity index (χ0) is 33.3. The molecule has 5 atom stereocenters. The van der Waals surface area contributed by atoms with E-state index in [4.69, 9.17) is 27.4 Å². The van der Waals surface area contributed by atoms with Crippen molar-refractivity contribution in [2.75, 3.05) is 26.3 Å². The number of nitrogens with one attached hydrogen (secondary N) is 6. The molecule has 242 valence electrons. The maximum atomic E-state index is 13.0. The number of hydrogen-bond donors (Lipinski definition) is 12. The van der Waals surface area contributed by atoms with Crippen LogP contribution in [0, 0.1) is 0 Å². The molecule has 0 saturated carbocycles. The minimum atomic E-state index is -1.77. The van der Waals surface area contributed by atoms with Gasteiger partial charge in [-0.3, -0.25) is 38.4 Å². The van der Waals surface area contributed by atoms with Crippen LogP contribution in [0.1, 0.15) is 26.2 Å². The van der Waals surface area contributed by atoms with E-state index in [1.165, 1.54) is 6.92 Å². The molecule has 0 aromatic rings. The van der Waals surface area contributed by atoms with E-state index in [1.54, 1.807) is 0 Å². The lowest BCUT2D eigenvalue weighted by Gasteiger charge is -2.25. The van der Waals surface area contributed by atoms with Crippen molar-refractivity contribution in [1.82, 2.24) is 31.9 Å². The minimum Gasteiger partial charge on any atom is -0.480 e. The molecule has 0 saturated heterocycles. The molecule has 0 aliphatic carbocycles. The molecule has 0 bridgehead atoms. The first kappa shape index (κ1) is 38.1. The van der Waals surface area contributed by atoms with Crippen LogP contribution in [-0.4, -0.2) is 125 Å². The zero-order valence-corrected chi connectivity index (χ0v) is 23.1. The Balaban J connectivity index is 5.61. The average Bonchev–Trinajstić information content (AvgIpc) is 2.93. The molecule has 43 heavy (non-hydrogen) atoms. The Morgan fingerprint density at radius 3 is 1.67 bits per heavy atom. The van der Waals surface area contributed by atoms with Crippen LogP contribution in [0.15, 0.2) is 0 Å². The summed E-state index contributed by atoms with van der Waals surface area (Å²) in [6.07, 6.45) is -1.68. The van der Waals surface area contributed by atoms with E-state index in [2.05, 4.69) is 26.6 Å². The van der Waals surface area contributed by atoms with E-state index in [9.17, 15) is 48.3 Å². The van der Waals surface area contributed by atoms with Crippen LogP contribution in [0.25, 0.3) is 0 Å². The summed E-state index contributed by atoms with van der Waals surface area (Å²) in [6, 6.07) is -7.85. The van der Waals surface area contributed by atoms with E-state index in [0.717, 1.165) is 0 Å². The number of amides is 8. The summed E-state index contributed by atoms with van der Waals surface area (Å²) in [5.41, 5.74) is 15.4. The van der Waals surface area contributed by atoms with E-state index in [0.29, 0.717) is 0 Å². The van der Waals surface area contributed by atoms with Gasteiger partial charge in [-0.2, -0.15) is 0 Å². The Morgan fingerprint density at radius 1 is 0.651 bits per heavy atom. The molecule has 0 unspecified atom stereocenters. The van der Waals surface area contributed by atoms with Gasteiger partial charge >= 0.3 is 5.97 Å². The number of carboxylic acid groups (broad SMARTS) is 1. The third kappa shape index (κ3) is 15.1. The van der Waals surface area contributed by atoms with Crippen LogP contribution in [-0.2, 0) is 43.2 Å². The largest absolute Gasteiger partial charge is 0.480 e. The number of hydrogen-bond acceptors (Lipinski definition) is 12. The number of carbonyl (C=O) groups excluding carboxylic acids is 8. The second-order valence-electron chi connectivity index (χ2n) is 8.89. The molecule has 15 N–H and O–H groups in total. The molecule has 8 amide bonds. The zero-order valence-electron chi connectivity index (χ0n) is 23.1. The summed E-state index contributed by atoms with van der Waals surface area (Å²) in [6.45, 7) is -1.90. The second-order valence-corrected chi connectivity index (χ2v) is 8.89. The number of rotatable bonds is 20. The third-order valence-electron chi connectivity index (χ3n) is 5.36. The highest BCUT2D eigenvalue weighted by molar-refractivity contribution is 5.98. The van der Waals surface area contributed by atoms with Crippen molar-refractivity contribution >= 4 is 53.2 Å². The maximum Gasteiger partial charge on any atom is 0.328 e. The van der Waals surface area contributed by atoms with Crippen molar-refractivity contribution < 1.29 is 58.5 Å². The van der Waals surface area contributed by atoms with Crippen molar-refractivity contribution in [3.8, 4) is 0 Å². The van der Waals surface area contributed by atoms with Gasteiger partial charge in [-0.25, -0.2) is 4.79 Å². The minimum absolute atomic E-state index is 0.415. The van der Waals surface area contributed by atoms with Gasteiger partial charge in [-0.05, 0) is 13.3 Å². The van der Waals surface area contributed by atoms with Crippen LogP contribution in [0.4, 0.5) is 0 Å². The summed E-state index contributed by atoms with van der Waals surface area (Å²) in [7, 11) is 0. The van der Waals surface area contributed by atoms with Crippen LogP contribution in [0.2, 0.25) is 0 Å². The first-order chi connectivity index (χ1) is 20.1. The van der Waals surface area contributed by atoms with Crippen molar-refractivity contribution in [2.45, 2.75) is 56.4 Å². The Hall–Kier alpha value is -4.89. The van der Waals surface area contributed by atoms with Crippen LogP contribution < -0.4 is 49.1 Å². The molecule has 0 fully saturated rings. The molecule has 0 aromatic carbocycles. The smallest absolute Gasteiger partial charge is 0.328 e. The van der Waals surface area contributed by atoms with Crippen LogP contribution >= 0.6 is 0 Å². The lowest BCUT2D eigenvalue weighted by Crippen LogP contribution is -2.59. The molecule has 0 heterocycles. The van der Waals surface area contributed by atoms with Crippen molar-refractivity contribution in [3.05, 3.63) is 0 Å². The van der Waals surface area contributed by atoms with Crippen LogP contribution in [0.5, 0.6) is 0 Å². The van der Waals surface area contributed by atoms with E-state index >= 15 is 0 Å². The van der Waals surface area contributed by atoms with Crippen molar-refractivity contribution in [3.63, 3.8) is 0 Å². The van der Waals surface area contributed by atoms with Gasteiger partial charge in [-0.1, -0.05) is 0 Å². The Morgan fingerprint density at radius 2 is 1.19 bits per heavy atom. The molecule has 0 aliphatic rings. The summed E-state index contributed by atoms with van der Waals surface area (Å²) in [4.78, 5) is 108. The Kier molecular flexibility index (Phi) is 17.1. The second kappa shape index (κ2) is 19.3. The Bertz CT molecular complexity index is 1070. The van der Waals surface area contributed by atoms with Gasteiger partial charge in [0, 0.05) is 6.42 Å². The van der Waals surface area contributed by atoms with Gasteiger partial charge in [0.2, 0.25) is 47.3 Å². The molecule has 21 nitrogen and oxygen atoms in total. The number of aliphatic hydroxyl groups is 2. The van der Waals surface area contributed by atoms with Gasteiger partial charge in [0.15, 0.2) is 0 Å². The molecule has 0 aliphatic heterocycles. The van der Waals surface area contributed by atoms with Gasteiger partial charge in [0.1, 0.15) is 30.2 Å². The van der Waals surface area contributed by atoms with E-state index in [-0.39, 0.29) is 0 Å². The molecule has 0 spiro atoms. The molecule has 0 aromatic heterocycles. The van der Waals surface area contributed by atoms with Crippen molar-refractivity contribution in [1.29, 1.82) is 0 Å². The molecular weight excluding hydrogens is 582 g/mol. The number of carbonyl (C=O) groups is 9. The fraction of sp³-hybridized carbons (Fsp3) is 0.591. The summed E-state index contributed by atoms with van der Waals surface area (Å²) >= 11 is 0. The molecule has 0 rings (SSSR count). The van der Waals surface area contributed by atoms with Gasteiger partial charge in [0.05, 0.1) is 32.7 Å². The van der Waals surface area contributed by atoms with Gasteiger partial charge in [0.25, 0.3) is 0 Å². The van der Waals surface area contributed by atoms with Crippen LogP contribution in [0.3, 0.4) is 0 Å². The summed E-state index contributed by atoms with van der Waals surface area (Å²) in [5, 5.41) is 40.0. The molecule has 0 radical (unpaired) electrons. The number of aliphatic hydroxyl groups excluding tert-OH is 2. The average molecular weight is 620 g/mol. The number of aliphatic carboxylic acids is 1. The first-order valence-electron chi connectivity index (χ1n) is 12.5. The lowest BCUT2D eigenvalue weighted by molar-refractivity contribution is -0.142. The predicted molar refractivity (Wildman–Crippen MR) is 141 cm³/mol. The fourth-order valence-corrected chi connectivity index (χ4v) is 3.09. The predicted octanol–water partition coefficient (Wildman–Crippen LogP) is -8.28. The van der Waals surface area contributed by atoms with E-state index < -0.39 is 129 Å². The van der Waals surface area contributed by atoms with Gasteiger partial charge in [-0.15, -0.1) is 0 Å². The fourth-order valence-electron chi connectivity index (χ4n) is 3.09. The lowest BCUT2D eigenvalue weighted by atomic mass is 10.1. The standard InChI is InChI=1S/C22H37N9O12/c1-9(27-16(36)5-23)18(38)31-12(7-32)21(41)30-11(4-15(25)35)20(40)29-10(2-3-14(24)34)19(39)26-6-17(37)28-13(8-33)22(42)43/h9-13,32-33H,2-8,23H2,1H3,(H2,24,34)(H2,25,35)(H,26,39)(H,27,36)(H,28,37)(H,29,40)(H,30,41)(H,31,38)(H,42,43)/t9-,10-,11-,12-,13-/m0/s1. The number of primary amides is 2. The molecule has 21 heteroatoms. The molecular formula is C22H37N9O12. The topological polar surface area (TPSA) is 365 Å². The van der Waals surface area contributed by atoms with E-state index in [1.807, 2.05) is 5.32 Å². The first-order valence-corrected chi connectivity index (χ1v) is 12.5. The highest BCUT2D eigenvalue weighted by Gasteiger charge is 2.31. The SMILES string of the molecule is C[C@H](NC(=O)CN)C(=O)N[C@@H](CO)C(=O)N[C@@H](CC(N)=O)C(=O)N[C@@H](CCC(N)=O)C(=O)NCC(=O)N[C@@H](CO)C(=O)O. The van der Waals surface area contributed by atoms with Crippen molar-refractivity contribution in [2.24, 2.45) is 17.2 Å². The number of nitrogens with two attached hydrogens (primary N) is 3. The number of carboxylic acids is 1. The maximum absolute atomic E-state index is 13.0. The highest BCUT2D eigenvalue weighted by Crippen LogP contribution is 2.02. The normalized spacial score (nSPS) is 14.0.